The van der Waals surface area contributed by atoms with Gasteiger partial charge in [-0.05, 0) is 48.4 Å². The molecule has 0 amide bonds. The molecule has 0 fully saturated rings. The van der Waals surface area contributed by atoms with Crippen LogP contribution in [0.4, 0.5) is 4.39 Å². The van der Waals surface area contributed by atoms with E-state index >= 15 is 0 Å². The number of halogens is 1. The molecule has 1 aromatic heterocycles. The van der Waals surface area contributed by atoms with Gasteiger partial charge in [0.2, 0.25) is 10.0 Å². The molecule has 7 heteroatoms. The molecule has 5 nitrogen and oxygen atoms in total. The van der Waals surface area contributed by atoms with E-state index in [1.807, 2.05) is 30.3 Å². The average molecular weight is 422 g/mol. The first-order valence-corrected chi connectivity index (χ1v) is 10.8. The second kappa shape index (κ2) is 7.85. The highest BCUT2D eigenvalue weighted by atomic mass is 32.2. The zero-order chi connectivity index (χ0) is 21.3. The van der Waals surface area contributed by atoms with Crippen LogP contribution in [-0.2, 0) is 16.4 Å². The topological polar surface area (TPSA) is 86.2 Å². The van der Waals surface area contributed by atoms with E-state index in [0.717, 1.165) is 5.56 Å². The van der Waals surface area contributed by atoms with Crippen molar-refractivity contribution < 1.29 is 17.2 Å². The number of nitrogens with two attached hydrogens (primary N) is 1. The summed E-state index contributed by atoms with van der Waals surface area (Å²) in [5, 5.41) is 5.19. The molecule has 0 aliphatic rings. The molecule has 0 radical (unpaired) electrons. The summed E-state index contributed by atoms with van der Waals surface area (Å²) in [5.41, 5.74) is 3.69. The van der Waals surface area contributed by atoms with Gasteiger partial charge < -0.3 is 4.42 Å². The molecular weight excluding hydrogens is 403 g/mol. The van der Waals surface area contributed by atoms with Crippen molar-refractivity contribution in [2.24, 2.45) is 5.14 Å². The third-order valence-corrected chi connectivity index (χ3v) is 5.69. The van der Waals surface area contributed by atoms with Gasteiger partial charge in [-0.2, -0.15) is 0 Å². The Labute approximate surface area is 174 Å². The predicted octanol–water partition coefficient (Wildman–Crippen LogP) is 4.69. The second-order valence-electron chi connectivity index (χ2n) is 6.98. The maximum atomic E-state index is 13.6. The summed E-state index contributed by atoms with van der Waals surface area (Å²) in [6.07, 6.45) is 0.489. The summed E-state index contributed by atoms with van der Waals surface area (Å²) in [6.45, 7) is 1.80. The summed E-state index contributed by atoms with van der Waals surface area (Å²) < 4.78 is 42.8. The minimum atomic E-state index is -3.80. The number of hydrogen-bond acceptors (Lipinski definition) is 4. The van der Waals surface area contributed by atoms with Crippen LogP contribution in [0.3, 0.4) is 0 Å². The van der Waals surface area contributed by atoms with Gasteiger partial charge in [-0.3, -0.25) is 0 Å². The molecule has 0 bridgehead atoms. The predicted molar refractivity (Wildman–Crippen MR) is 113 cm³/mol. The first-order chi connectivity index (χ1) is 14.3. The molecule has 0 aliphatic carbocycles. The van der Waals surface area contributed by atoms with Gasteiger partial charge in [0.1, 0.15) is 11.5 Å². The lowest BCUT2D eigenvalue weighted by molar-refractivity contribution is 0.519. The molecule has 1 heterocycles. The van der Waals surface area contributed by atoms with Crippen molar-refractivity contribution >= 4 is 10.0 Å². The van der Waals surface area contributed by atoms with Gasteiger partial charge in [0.05, 0.1) is 4.90 Å². The highest BCUT2D eigenvalue weighted by Crippen LogP contribution is 2.35. The lowest BCUT2D eigenvalue weighted by atomic mass is 10.0. The Kier molecular flexibility index (Phi) is 5.24. The highest BCUT2D eigenvalue weighted by molar-refractivity contribution is 7.89. The fraction of sp³-hybridized carbons (Fsp3) is 0.0870. The lowest BCUT2D eigenvalue weighted by Crippen LogP contribution is -2.11. The van der Waals surface area contributed by atoms with Crippen LogP contribution in [0.2, 0.25) is 0 Å². The Balaban J connectivity index is 1.83. The van der Waals surface area contributed by atoms with E-state index in [4.69, 9.17) is 9.56 Å². The number of nitrogens with zero attached hydrogens (tertiary/aromatic N) is 1. The summed E-state index contributed by atoms with van der Waals surface area (Å²) in [4.78, 5) is 4.68. The van der Waals surface area contributed by atoms with E-state index in [-0.39, 0.29) is 10.7 Å². The van der Waals surface area contributed by atoms with Crippen LogP contribution in [0.5, 0.6) is 0 Å². The maximum absolute atomic E-state index is 13.6. The summed E-state index contributed by atoms with van der Waals surface area (Å²) in [6, 6.07) is 20.4. The standard InChI is InChI=1S/C23H19FN2O3S/c1-15-13-18(24)9-12-20(15)23-22(17-7-10-19(11-8-17)30(25,27)28)26-21(29-23)14-16-5-3-2-4-6-16/h2-13H,14H2,1H3,(H2,25,27,28). The molecule has 2 N–H and O–H groups in total. The minimum absolute atomic E-state index is 0.0127. The number of oxazole rings is 1. The highest BCUT2D eigenvalue weighted by Gasteiger charge is 2.20. The zero-order valence-electron chi connectivity index (χ0n) is 16.2. The second-order valence-corrected chi connectivity index (χ2v) is 8.54. The first-order valence-electron chi connectivity index (χ1n) is 9.24. The molecule has 4 rings (SSSR count). The Morgan fingerprint density at radius 1 is 1.00 bits per heavy atom. The molecule has 0 saturated heterocycles. The number of primary sulfonamides is 1. The van der Waals surface area contributed by atoms with E-state index in [1.54, 1.807) is 25.1 Å². The average Bonchev–Trinajstić information content (AvgIpc) is 3.11. The molecule has 3 aromatic carbocycles. The molecular formula is C23H19FN2O3S. The monoisotopic (exact) mass is 422 g/mol. The van der Waals surface area contributed by atoms with E-state index < -0.39 is 10.0 Å². The van der Waals surface area contributed by atoms with Crippen molar-refractivity contribution in [2.45, 2.75) is 18.2 Å². The van der Waals surface area contributed by atoms with Crippen molar-refractivity contribution in [1.82, 2.24) is 4.98 Å². The van der Waals surface area contributed by atoms with Crippen LogP contribution in [0, 0.1) is 12.7 Å². The van der Waals surface area contributed by atoms with Crippen LogP contribution in [0.15, 0.2) is 82.1 Å². The largest absolute Gasteiger partial charge is 0.440 e. The summed E-state index contributed by atoms with van der Waals surface area (Å²) in [5.74, 6) is 0.673. The molecule has 0 unspecified atom stereocenters. The lowest BCUT2D eigenvalue weighted by Gasteiger charge is -2.06. The zero-order valence-corrected chi connectivity index (χ0v) is 17.0. The van der Waals surface area contributed by atoms with Crippen molar-refractivity contribution in [3.63, 3.8) is 0 Å². The van der Waals surface area contributed by atoms with Crippen molar-refractivity contribution in [3.8, 4) is 22.6 Å². The number of benzene rings is 3. The number of hydrogen-bond donors (Lipinski definition) is 1. The first kappa shape index (κ1) is 20.0. The third kappa shape index (κ3) is 4.17. The molecule has 152 valence electrons. The number of rotatable bonds is 5. The normalized spacial score (nSPS) is 11.6. The third-order valence-electron chi connectivity index (χ3n) is 4.76. The molecule has 0 atom stereocenters. The maximum Gasteiger partial charge on any atom is 0.238 e. The van der Waals surface area contributed by atoms with Gasteiger partial charge in [0.15, 0.2) is 11.7 Å². The smallest absolute Gasteiger partial charge is 0.238 e. The fourth-order valence-electron chi connectivity index (χ4n) is 3.27. The number of sulfonamides is 1. The van der Waals surface area contributed by atoms with Gasteiger partial charge in [0.25, 0.3) is 0 Å². The molecule has 0 saturated carbocycles. The Morgan fingerprint density at radius 2 is 1.70 bits per heavy atom. The number of aryl methyl sites for hydroxylation is 1. The van der Waals surface area contributed by atoms with Crippen LogP contribution in [0.25, 0.3) is 22.6 Å². The van der Waals surface area contributed by atoms with Gasteiger partial charge >= 0.3 is 0 Å². The Hall–Kier alpha value is -3.29. The minimum Gasteiger partial charge on any atom is -0.440 e. The van der Waals surface area contributed by atoms with Gasteiger partial charge in [-0.25, -0.2) is 22.9 Å². The van der Waals surface area contributed by atoms with E-state index in [0.29, 0.717) is 40.5 Å². The van der Waals surface area contributed by atoms with Gasteiger partial charge in [0, 0.05) is 17.5 Å². The fourth-order valence-corrected chi connectivity index (χ4v) is 3.79. The molecule has 0 aliphatic heterocycles. The molecule has 4 aromatic rings. The van der Waals surface area contributed by atoms with Crippen molar-refractivity contribution in [3.05, 3.63) is 95.6 Å². The van der Waals surface area contributed by atoms with Crippen LogP contribution >= 0.6 is 0 Å². The van der Waals surface area contributed by atoms with Gasteiger partial charge in [-0.1, -0.05) is 42.5 Å². The van der Waals surface area contributed by atoms with Crippen LogP contribution in [0.1, 0.15) is 17.0 Å². The van der Waals surface area contributed by atoms with E-state index in [2.05, 4.69) is 4.98 Å². The van der Waals surface area contributed by atoms with Crippen molar-refractivity contribution in [1.29, 1.82) is 0 Å². The van der Waals surface area contributed by atoms with E-state index in [9.17, 15) is 12.8 Å². The number of aromatic nitrogens is 1. The summed E-state index contributed by atoms with van der Waals surface area (Å²) >= 11 is 0. The van der Waals surface area contributed by atoms with Gasteiger partial charge in [-0.15, -0.1) is 0 Å². The Bertz CT molecular complexity index is 1300. The van der Waals surface area contributed by atoms with Crippen LogP contribution in [-0.4, -0.2) is 13.4 Å². The molecule has 30 heavy (non-hydrogen) atoms. The SMILES string of the molecule is Cc1cc(F)ccc1-c1oc(Cc2ccccc2)nc1-c1ccc(S(N)(=O)=O)cc1. The van der Waals surface area contributed by atoms with E-state index in [1.165, 1.54) is 24.3 Å². The molecule has 0 spiro atoms. The Morgan fingerprint density at radius 3 is 2.33 bits per heavy atom. The summed E-state index contributed by atoms with van der Waals surface area (Å²) in [7, 11) is -3.80. The van der Waals surface area contributed by atoms with Crippen LogP contribution < -0.4 is 5.14 Å². The quantitative estimate of drug-likeness (QED) is 0.505. The van der Waals surface area contributed by atoms with Crippen molar-refractivity contribution in [2.75, 3.05) is 0 Å².